The van der Waals surface area contributed by atoms with Gasteiger partial charge in [0.15, 0.2) is 0 Å². The number of halogens is 4. The normalized spacial score (nSPS) is 20.7. The number of aromatic hydroxyl groups is 1. The first-order chi connectivity index (χ1) is 31.2. The van der Waals surface area contributed by atoms with E-state index in [1.54, 1.807) is 30.5 Å². The Hall–Kier alpha value is -3.61. The minimum atomic E-state index is -1.06. The van der Waals surface area contributed by atoms with E-state index >= 15 is 0 Å². The standard InChI is InChI=1S/C31H37Cl2N3O2S.C20H23Cl2N3O/c1-30(2,3)39(37)35-27-13-8-14-31(27)15-17-36(18-16-31)23-19-26(38-21-22-9-5-4-6-10-22)29(34-20-23)24-11-7-12-25(32)28(24)33;21-15-4-1-3-14(18(15)22)19-16(26)11-13(12-24-19)25-9-7-20(8-10-25)6-2-5-17(20)23/h4-7,9-12,19-20,27,35H,8,13-18,21H2,1-3H3;1,3-4,11-12,17,26H,2,5-10,23H2/t27-,39-;17-/m11/s1. The number of pyridine rings is 2. The highest BCUT2D eigenvalue weighted by molar-refractivity contribution is 7.84. The SMILES string of the molecule is CC(C)(C)[S@@](=O)N[C@@H]1CCCC12CCN(c1cnc(-c3cccc(Cl)c3Cl)c(OCc3ccccc3)c1)CC2.N[C@@H]1CCCC12CCN(c1cnc(-c3cccc(Cl)c3Cl)c(O)c1)CC2. The molecule has 2 aliphatic heterocycles. The minimum absolute atomic E-state index is 0.115. The van der Waals surface area contributed by atoms with Gasteiger partial charge in [0.1, 0.15) is 29.5 Å². The molecule has 2 saturated carbocycles. The first-order valence-electron chi connectivity index (χ1n) is 22.8. The van der Waals surface area contributed by atoms with Crippen molar-refractivity contribution in [1.29, 1.82) is 0 Å². The van der Waals surface area contributed by atoms with Crippen molar-refractivity contribution in [3.05, 3.63) is 117 Å². The fourth-order valence-electron chi connectivity index (χ4n) is 10.3. The summed E-state index contributed by atoms with van der Waals surface area (Å²) in [5.41, 5.74) is 12.5. The van der Waals surface area contributed by atoms with Crippen LogP contribution in [0.4, 0.5) is 11.4 Å². The summed E-state index contributed by atoms with van der Waals surface area (Å²) in [4.78, 5) is 14.0. The molecular formula is C51H60Cl4N6O3S. The quantitative estimate of drug-likeness (QED) is 0.134. The van der Waals surface area contributed by atoms with E-state index in [0.717, 1.165) is 87.2 Å². The van der Waals surface area contributed by atoms with Crippen molar-refractivity contribution in [2.24, 2.45) is 16.6 Å². The van der Waals surface area contributed by atoms with Crippen LogP contribution in [0.5, 0.6) is 11.5 Å². The van der Waals surface area contributed by atoms with Gasteiger partial charge in [0.25, 0.3) is 0 Å². The molecule has 2 aromatic heterocycles. The molecule has 0 unspecified atom stereocenters. The molecule has 9 nitrogen and oxygen atoms in total. The molecule has 65 heavy (non-hydrogen) atoms. The van der Waals surface area contributed by atoms with E-state index in [4.69, 9.17) is 61.9 Å². The monoisotopic (exact) mass is 976 g/mol. The molecule has 0 amide bonds. The number of nitrogens with one attached hydrogen (secondary N) is 1. The lowest BCUT2D eigenvalue weighted by atomic mass is 9.74. The maximum atomic E-state index is 12.9. The number of rotatable bonds is 9. The van der Waals surface area contributed by atoms with Gasteiger partial charge in [-0.25, -0.2) is 8.93 Å². The number of hydrogen-bond acceptors (Lipinski definition) is 8. The molecule has 3 aromatic carbocycles. The van der Waals surface area contributed by atoms with Crippen LogP contribution in [-0.4, -0.2) is 62.3 Å². The molecule has 2 spiro atoms. The molecule has 0 bridgehead atoms. The maximum Gasteiger partial charge on any atom is 0.148 e. The second-order valence-electron chi connectivity index (χ2n) is 19.2. The van der Waals surface area contributed by atoms with Crippen molar-refractivity contribution < 1.29 is 14.1 Å². The largest absolute Gasteiger partial charge is 0.506 e. The van der Waals surface area contributed by atoms with Crippen LogP contribution in [0.15, 0.2) is 91.3 Å². The second-order valence-corrected chi connectivity index (χ2v) is 22.8. The summed E-state index contributed by atoms with van der Waals surface area (Å²) in [6, 6.07) is 25.5. The van der Waals surface area contributed by atoms with E-state index in [1.165, 1.54) is 25.7 Å². The summed E-state index contributed by atoms with van der Waals surface area (Å²) < 4.78 is 22.5. The van der Waals surface area contributed by atoms with Crippen LogP contribution in [0.3, 0.4) is 0 Å². The van der Waals surface area contributed by atoms with Crippen LogP contribution in [-0.2, 0) is 17.6 Å². The highest BCUT2D eigenvalue weighted by Crippen LogP contribution is 2.49. The van der Waals surface area contributed by atoms with Gasteiger partial charge in [-0.2, -0.15) is 0 Å². The van der Waals surface area contributed by atoms with Gasteiger partial charge in [-0.15, -0.1) is 0 Å². The lowest BCUT2D eigenvalue weighted by Gasteiger charge is -2.44. The van der Waals surface area contributed by atoms with Crippen LogP contribution in [0.25, 0.3) is 22.5 Å². The van der Waals surface area contributed by atoms with E-state index in [-0.39, 0.29) is 15.9 Å². The molecule has 2 saturated heterocycles. The van der Waals surface area contributed by atoms with Crippen LogP contribution in [0, 0.1) is 10.8 Å². The highest BCUT2D eigenvalue weighted by atomic mass is 35.5. The van der Waals surface area contributed by atoms with Gasteiger partial charge < -0.3 is 25.4 Å². The molecule has 4 heterocycles. The molecule has 2 aliphatic carbocycles. The number of nitrogens with zero attached hydrogens (tertiary/aromatic N) is 4. The Bertz CT molecular complexity index is 2470. The maximum absolute atomic E-state index is 12.9. The lowest BCUT2D eigenvalue weighted by Crippen LogP contribution is -2.51. The number of aromatic nitrogens is 2. The second kappa shape index (κ2) is 20.3. The molecule has 4 fully saturated rings. The van der Waals surface area contributed by atoms with Crippen molar-refractivity contribution in [2.75, 3.05) is 36.0 Å². The van der Waals surface area contributed by atoms with Crippen LogP contribution < -0.4 is 25.0 Å². The van der Waals surface area contributed by atoms with Gasteiger partial charge in [-0.1, -0.05) is 114 Å². The van der Waals surface area contributed by atoms with Crippen LogP contribution in [0.1, 0.15) is 90.5 Å². The zero-order valence-corrected chi connectivity index (χ0v) is 41.3. The summed E-state index contributed by atoms with van der Waals surface area (Å²) in [5, 5.41) is 12.3. The first-order valence-corrected chi connectivity index (χ1v) is 25.5. The summed E-state index contributed by atoms with van der Waals surface area (Å²) in [5.74, 6) is 0.798. The lowest BCUT2D eigenvalue weighted by molar-refractivity contribution is 0.188. The van der Waals surface area contributed by atoms with Crippen molar-refractivity contribution in [2.45, 2.75) is 108 Å². The molecule has 14 heteroatoms. The highest BCUT2D eigenvalue weighted by Gasteiger charge is 2.46. The molecule has 5 aromatic rings. The number of anilines is 2. The minimum Gasteiger partial charge on any atom is -0.506 e. The third-order valence-electron chi connectivity index (χ3n) is 14.3. The predicted molar refractivity (Wildman–Crippen MR) is 270 cm³/mol. The Morgan fingerprint density at radius 3 is 1.85 bits per heavy atom. The molecule has 0 radical (unpaired) electrons. The average Bonchev–Trinajstić information content (AvgIpc) is 3.86. The number of benzene rings is 3. The third-order valence-corrected chi connectivity index (χ3v) is 17.5. The number of hydrogen-bond donors (Lipinski definition) is 3. The summed E-state index contributed by atoms with van der Waals surface area (Å²) in [6.45, 7) is 10.3. The zero-order chi connectivity index (χ0) is 45.9. The Labute approximate surface area is 407 Å². The van der Waals surface area contributed by atoms with Gasteiger partial charge in [-0.05, 0) is 101 Å². The molecule has 4 aliphatic rings. The smallest absolute Gasteiger partial charge is 0.148 e. The van der Waals surface area contributed by atoms with Crippen molar-refractivity contribution in [3.8, 4) is 34.0 Å². The fourth-order valence-corrected chi connectivity index (χ4v) is 12.0. The third kappa shape index (κ3) is 10.6. The average molecular weight is 979 g/mol. The molecular weight excluding hydrogens is 918 g/mol. The Balaban J connectivity index is 0.000000192. The van der Waals surface area contributed by atoms with Gasteiger partial charge in [-0.3, -0.25) is 9.97 Å². The van der Waals surface area contributed by atoms with E-state index in [0.29, 0.717) is 66.9 Å². The summed E-state index contributed by atoms with van der Waals surface area (Å²) >= 11 is 25.3. The van der Waals surface area contributed by atoms with Gasteiger partial charge >= 0.3 is 0 Å². The molecule has 3 atom stereocenters. The van der Waals surface area contributed by atoms with E-state index in [1.807, 2.05) is 75.5 Å². The van der Waals surface area contributed by atoms with Gasteiger partial charge in [0, 0.05) is 61.5 Å². The van der Waals surface area contributed by atoms with Crippen molar-refractivity contribution in [3.63, 3.8) is 0 Å². The fraction of sp³-hybridized carbons (Fsp3) is 0.451. The van der Waals surface area contributed by atoms with E-state index in [2.05, 4.69) is 25.6 Å². The van der Waals surface area contributed by atoms with Gasteiger partial charge in [0.05, 0.1) is 59.6 Å². The Morgan fingerprint density at radius 2 is 1.28 bits per heavy atom. The van der Waals surface area contributed by atoms with Crippen LogP contribution in [0.2, 0.25) is 20.1 Å². The Kier molecular flexibility index (Phi) is 15.0. The Morgan fingerprint density at radius 1 is 0.738 bits per heavy atom. The van der Waals surface area contributed by atoms with Crippen molar-refractivity contribution >= 4 is 68.8 Å². The molecule has 346 valence electrons. The van der Waals surface area contributed by atoms with Gasteiger partial charge in [0.2, 0.25) is 0 Å². The van der Waals surface area contributed by atoms with Crippen molar-refractivity contribution in [1.82, 2.24) is 14.7 Å². The summed E-state index contributed by atoms with van der Waals surface area (Å²) in [6.07, 6.45) is 15.2. The van der Waals surface area contributed by atoms with E-state index < -0.39 is 11.0 Å². The number of ether oxygens (including phenoxy) is 1. The van der Waals surface area contributed by atoms with E-state index in [9.17, 15) is 9.32 Å². The number of nitrogens with two attached hydrogens (primary N) is 1. The number of piperidine rings is 2. The first kappa shape index (κ1) is 47.9. The molecule has 4 N–H and O–H groups in total. The zero-order valence-electron chi connectivity index (χ0n) is 37.5. The topological polar surface area (TPSA) is 117 Å². The summed E-state index contributed by atoms with van der Waals surface area (Å²) in [7, 11) is -1.06. The molecule has 9 rings (SSSR count). The van der Waals surface area contributed by atoms with Crippen LogP contribution >= 0.6 is 46.4 Å². The predicted octanol–water partition coefficient (Wildman–Crippen LogP) is 12.7.